The van der Waals surface area contributed by atoms with E-state index in [0.29, 0.717) is 11.6 Å². The maximum Gasteiger partial charge on any atom is 0.338 e. The van der Waals surface area contributed by atoms with Crippen molar-refractivity contribution in [3.63, 3.8) is 0 Å². The van der Waals surface area contributed by atoms with Crippen LogP contribution in [0.1, 0.15) is 50.4 Å². The first-order valence-electron chi connectivity index (χ1n) is 7.53. The van der Waals surface area contributed by atoms with Crippen LogP contribution in [-0.4, -0.2) is 17.1 Å². The molecule has 3 nitrogen and oxygen atoms in total. The van der Waals surface area contributed by atoms with Crippen LogP contribution in [0.25, 0.3) is 0 Å². The van der Waals surface area contributed by atoms with E-state index in [0.717, 1.165) is 0 Å². The van der Waals surface area contributed by atoms with Crippen LogP contribution in [0.2, 0.25) is 0 Å². The Morgan fingerprint density at radius 2 is 2.10 bits per heavy atom. The Hall–Kier alpha value is -1.58. The van der Waals surface area contributed by atoms with Crippen molar-refractivity contribution in [3.8, 4) is 0 Å². The number of nitrogens with one attached hydrogen (secondary N) is 1. The number of carbonyl (C=O) groups is 1. The van der Waals surface area contributed by atoms with E-state index >= 15 is 0 Å². The van der Waals surface area contributed by atoms with E-state index < -0.39 is 11.8 Å². The van der Waals surface area contributed by atoms with E-state index in [2.05, 4.69) is 26.1 Å². The topological polar surface area (TPSA) is 49.3 Å². The molecule has 2 saturated carbocycles. The smallest absolute Gasteiger partial charge is 0.338 e. The van der Waals surface area contributed by atoms with Crippen LogP contribution in [0.4, 0.5) is 10.1 Å². The fourth-order valence-electron chi connectivity index (χ4n) is 4.61. The van der Waals surface area contributed by atoms with Crippen LogP contribution < -0.4 is 5.32 Å². The molecule has 0 heterocycles. The minimum absolute atomic E-state index is 0.171. The molecule has 2 fully saturated rings. The van der Waals surface area contributed by atoms with Gasteiger partial charge in [0, 0.05) is 11.7 Å². The molecule has 2 aliphatic rings. The molecule has 0 spiro atoms. The highest BCUT2D eigenvalue weighted by Crippen LogP contribution is 2.63. The largest absolute Gasteiger partial charge is 0.478 e. The summed E-state index contributed by atoms with van der Waals surface area (Å²) >= 11 is 0. The Balaban J connectivity index is 1.90. The van der Waals surface area contributed by atoms with Gasteiger partial charge in [0.1, 0.15) is 5.82 Å². The van der Waals surface area contributed by atoms with Crippen LogP contribution in [0.3, 0.4) is 0 Å². The number of carboxylic acids is 1. The standard InChI is InChI=1S/C17H22FNO2/c1-16(2)10-6-7-17(3,9-10)15(16)19-11-4-5-13(18)12(8-11)14(20)21/h4-5,8,10,15,19H,6-7,9H2,1-3H3,(H,20,21). The van der Waals surface area contributed by atoms with Gasteiger partial charge in [-0.3, -0.25) is 0 Å². The van der Waals surface area contributed by atoms with E-state index in [9.17, 15) is 9.18 Å². The van der Waals surface area contributed by atoms with Crippen molar-refractivity contribution in [1.82, 2.24) is 0 Å². The predicted molar refractivity (Wildman–Crippen MR) is 80.0 cm³/mol. The number of carboxylic acid groups (broad SMARTS) is 1. The summed E-state index contributed by atoms with van der Waals surface area (Å²) in [6, 6.07) is 4.56. The quantitative estimate of drug-likeness (QED) is 0.879. The fourth-order valence-corrected chi connectivity index (χ4v) is 4.61. The number of fused-ring (bicyclic) bond motifs is 2. The number of hydrogen-bond acceptors (Lipinski definition) is 2. The second-order valence-electron chi connectivity index (χ2n) is 7.49. The summed E-state index contributed by atoms with van der Waals surface area (Å²) in [5.74, 6) is -1.21. The van der Waals surface area contributed by atoms with Gasteiger partial charge in [-0.25, -0.2) is 9.18 Å². The lowest BCUT2D eigenvalue weighted by atomic mass is 9.68. The third-order valence-corrected chi connectivity index (χ3v) is 5.78. The van der Waals surface area contributed by atoms with Gasteiger partial charge in [-0.2, -0.15) is 0 Å². The molecule has 4 heteroatoms. The lowest BCUT2D eigenvalue weighted by Crippen LogP contribution is -2.45. The summed E-state index contributed by atoms with van der Waals surface area (Å²) in [6.45, 7) is 6.86. The van der Waals surface area contributed by atoms with Crippen LogP contribution in [0.15, 0.2) is 18.2 Å². The summed E-state index contributed by atoms with van der Waals surface area (Å²) in [7, 11) is 0. The molecule has 3 unspecified atom stereocenters. The number of hydrogen-bond donors (Lipinski definition) is 2. The Morgan fingerprint density at radius 1 is 1.38 bits per heavy atom. The van der Waals surface area contributed by atoms with E-state index in [1.165, 1.54) is 31.4 Å². The average Bonchev–Trinajstić information content (AvgIpc) is 2.87. The first-order chi connectivity index (χ1) is 9.74. The van der Waals surface area contributed by atoms with Gasteiger partial charge in [0.05, 0.1) is 5.56 Å². The molecule has 0 aliphatic heterocycles. The zero-order valence-corrected chi connectivity index (χ0v) is 12.7. The van der Waals surface area contributed by atoms with E-state index in [1.54, 1.807) is 6.07 Å². The lowest BCUT2D eigenvalue weighted by molar-refractivity contribution is 0.0692. The lowest BCUT2D eigenvalue weighted by Gasteiger charge is -2.43. The summed E-state index contributed by atoms with van der Waals surface area (Å²) < 4.78 is 13.5. The SMILES string of the molecule is CC12CCC(C1)C(C)(C)C2Nc1ccc(F)c(C(=O)O)c1. The van der Waals surface area contributed by atoms with Gasteiger partial charge in [0.15, 0.2) is 0 Å². The second kappa shape index (κ2) is 4.46. The molecule has 3 rings (SSSR count). The molecule has 2 N–H and O–H groups in total. The summed E-state index contributed by atoms with van der Waals surface area (Å²) in [6.07, 6.45) is 3.68. The van der Waals surface area contributed by atoms with E-state index in [1.807, 2.05) is 0 Å². The molecule has 3 atom stereocenters. The number of aromatic carboxylic acids is 1. The number of rotatable bonds is 3. The Labute approximate surface area is 124 Å². The summed E-state index contributed by atoms with van der Waals surface area (Å²) in [5, 5.41) is 12.5. The number of halogens is 1. The predicted octanol–water partition coefficient (Wildman–Crippen LogP) is 4.15. The van der Waals surface area contributed by atoms with Crippen molar-refractivity contribution in [2.24, 2.45) is 16.7 Å². The van der Waals surface area contributed by atoms with Crippen LogP contribution in [-0.2, 0) is 0 Å². The van der Waals surface area contributed by atoms with Crippen LogP contribution >= 0.6 is 0 Å². The first kappa shape index (κ1) is 14.4. The maximum absolute atomic E-state index is 13.5. The maximum atomic E-state index is 13.5. The molecule has 0 radical (unpaired) electrons. The van der Waals surface area contributed by atoms with Crippen LogP contribution in [0.5, 0.6) is 0 Å². The molecule has 1 aromatic rings. The van der Waals surface area contributed by atoms with Crippen LogP contribution in [0, 0.1) is 22.6 Å². The van der Waals surface area contributed by atoms with Gasteiger partial charge >= 0.3 is 5.97 Å². The molecule has 2 bridgehead atoms. The monoisotopic (exact) mass is 291 g/mol. The second-order valence-corrected chi connectivity index (χ2v) is 7.49. The van der Waals surface area contributed by atoms with E-state index in [-0.39, 0.29) is 22.4 Å². The zero-order chi connectivity index (χ0) is 15.4. The van der Waals surface area contributed by atoms with Gasteiger partial charge in [-0.15, -0.1) is 0 Å². The highest BCUT2D eigenvalue weighted by molar-refractivity contribution is 5.89. The summed E-state index contributed by atoms with van der Waals surface area (Å²) in [5.41, 5.74) is 0.836. The van der Waals surface area contributed by atoms with Crippen molar-refractivity contribution in [1.29, 1.82) is 0 Å². The van der Waals surface area contributed by atoms with E-state index in [4.69, 9.17) is 5.11 Å². The van der Waals surface area contributed by atoms with Gasteiger partial charge < -0.3 is 10.4 Å². The first-order valence-corrected chi connectivity index (χ1v) is 7.53. The van der Waals surface area contributed by atoms with Gasteiger partial charge in [-0.1, -0.05) is 20.8 Å². The molecule has 1 aromatic carbocycles. The zero-order valence-electron chi connectivity index (χ0n) is 12.7. The van der Waals surface area contributed by atoms with Crippen molar-refractivity contribution in [2.45, 2.75) is 46.1 Å². The van der Waals surface area contributed by atoms with Crippen molar-refractivity contribution < 1.29 is 14.3 Å². The molecular formula is C17H22FNO2. The minimum Gasteiger partial charge on any atom is -0.478 e. The Bertz CT molecular complexity index is 594. The normalized spacial score (nSPS) is 33.1. The highest BCUT2D eigenvalue weighted by atomic mass is 19.1. The average molecular weight is 291 g/mol. The van der Waals surface area contributed by atoms with Gasteiger partial charge in [-0.05, 0) is 54.2 Å². The van der Waals surface area contributed by atoms with Crippen molar-refractivity contribution >= 4 is 11.7 Å². The molecule has 21 heavy (non-hydrogen) atoms. The summed E-state index contributed by atoms with van der Waals surface area (Å²) in [4.78, 5) is 11.1. The van der Waals surface area contributed by atoms with Crippen molar-refractivity contribution in [3.05, 3.63) is 29.6 Å². The van der Waals surface area contributed by atoms with Crippen molar-refractivity contribution in [2.75, 3.05) is 5.32 Å². The Morgan fingerprint density at radius 3 is 2.67 bits per heavy atom. The highest BCUT2D eigenvalue weighted by Gasteiger charge is 2.59. The van der Waals surface area contributed by atoms with Gasteiger partial charge in [0.2, 0.25) is 0 Å². The number of benzene rings is 1. The van der Waals surface area contributed by atoms with Gasteiger partial charge in [0.25, 0.3) is 0 Å². The molecule has 114 valence electrons. The molecule has 0 saturated heterocycles. The Kier molecular flexibility index (Phi) is 3.05. The molecule has 0 amide bonds. The molecular weight excluding hydrogens is 269 g/mol. The molecule has 2 aliphatic carbocycles. The fraction of sp³-hybridized carbons (Fsp3) is 0.588. The minimum atomic E-state index is -1.23. The third-order valence-electron chi connectivity index (χ3n) is 5.78. The number of anilines is 1. The molecule has 0 aromatic heterocycles. The third kappa shape index (κ3) is 2.12.